The summed E-state index contributed by atoms with van der Waals surface area (Å²) < 4.78 is 5.25. The Balaban J connectivity index is 2.47. The number of nitrogens with zero attached hydrogens (tertiary/aromatic N) is 1. The average Bonchev–Trinajstić information content (AvgIpc) is 2.49. The summed E-state index contributed by atoms with van der Waals surface area (Å²) in [6, 6.07) is 7.76. The molecule has 0 aliphatic rings. The molecule has 0 saturated heterocycles. The number of hydrogen-bond acceptors (Lipinski definition) is 3. The molecule has 0 aromatic heterocycles. The molecule has 0 fully saturated rings. The maximum Gasteiger partial charge on any atom is 0.248 e. The molecular weight excluding hydrogens is 266 g/mol. The van der Waals surface area contributed by atoms with E-state index in [0.29, 0.717) is 19.6 Å². The van der Waals surface area contributed by atoms with Gasteiger partial charge in [-0.15, -0.1) is 0 Å². The van der Waals surface area contributed by atoms with Crippen LogP contribution in [0, 0.1) is 11.8 Å². The minimum atomic E-state index is -0.0183. The molecule has 4 nitrogen and oxygen atoms in total. The van der Waals surface area contributed by atoms with Crippen molar-refractivity contribution < 1.29 is 14.6 Å². The Labute approximate surface area is 126 Å². The minimum Gasteiger partial charge on any atom is -0.395 e. The van der Waals surface area contributed by atoms with Gasteiger partial charge in [0.25, 0.3) is 0 Å². The third-order valence-electron chi connectivity index (χ3n) is 2.84. The van der Waals surface area contributed by atoms with Crippen LogP contribution in [0.3, 0.4) is 0 Å². The van der Waals surface area contributed by atoms with Crippen molar-refractivity contribution in [2.24, 2.45) is 0 Å². The summed E-state index contributed by atoms with van der Waals surface area (Å²) in [5, 5.41) is 8.67. The highest BCUT2D eigenvalue weighted by atomic mass is 16.5. The molecule has 1 aromatic carbocycles. The molecule has 0 aliphatic carbocycles. The summed E-state index contributed by atoms with van der Waals surface area (Å²) in [6.07, 6.45) is 1.40. The second-order valence-electron chi connectivity index (χ2n) is 4.77. The van der Waals surface area contributed by atoms with Gasteiger partial charge < -0.3 is 14.7 Å². The van der Waals surface area contributed by atoms with Crippen molar-refractivity contribution >= 4 is 5.91 Å². The van der Waals surface area contributed by atoms with E-state index >= 15 is 0 Å². The molecule has 4 heteroatoms. The normalized spacial score (nSPS) is 9.86. The summed E-state index contributed by atoms with van der Waals surface area (Å²) in [5.41, 5.74) is 1.96. The Bertz CT molecular complexity index is 485. The smallest absolute Gasteiger partial charge is 0.248 e. The first kappa shape index (κ1) is 17.2. The first-order chi connectivity index (χ1) is 10.2. The van der Waals surface area contributed by atoms with Crippen LogP contribution >= 0.6 is 0 Å². The van der Waals surface area contributed by atoms with Gasteiger partial charge in [-0.25, -0.2) is 0 Å². The number of amides is 1. The molecule has 0 aliphatic heterocycles. The van der Waals surface area contributed by atoms with E-state index in [2.05, 4.69) is 11.8 Å². The molecular formula is C17H23NO3. The molecule has 0 radical (unpaired) electrons. The zero-order valence-electron chi connectivity index (χ0n) is 12.8. The van der Waals surface area contributed by atoms with Gasteiger partial charge in [0.1, 0.15) is 6.61 Å². The van der Waals surface area contributed by atoms with E-state index in [1.165, 1.54) is 0 Å². The molecule has 21 heavy (non-hydrogen) atoms. The van der Waals surface area contributed by atoms with E-state index in [-0.39, 0.29) is 19.1 Å². The van der Waals surface area contributed by atoms with Gasteiger partial charge in [0.15, 0.2) is 0 Å². The number of rotatable bonds is 7. The zero-order valence-corrected chi connectivity index (χ0v) is 12.8. The summed E-state index contributed by atoms with van der Waals surface area (Å²) in [6.45, 7) is 3.39. The van der Waals surface area contributed by atoms with E-state index < -0.39 is 0 Å². The molecule has 1 N–H and O–H groups in total. The van der Waals surface area contributed by atoms with E-state index in [4.69, 9.17) is 9.84 Å². The van der Waals surface area contributed by atoms with Crippen molar-refractivity contribution in [1.29, 1.82) is 0 Å². The Morgan fingerprint density at radius 3 is 2.67 bits per heavy atom. The minimum absolute atomic E-state index is 0.0183. The first-order valence-corrected chi connectivity index (χ1v) is 7.17. The molecule has 0 atom stereocenters. The lowest BCUT2D eigenvalue weighted by atomic mass is 10.1. The second-order valence-corrected chi connectivity index (χ2v) is 4.77. The first-order valence-electron chi connectivity index (χ1n) is 7.17. The van der Waals surface area contributed by atoms with Crippen LogP contribution in [0.5, 0.6) is 0 Å². The van der Waals surface area contributed by atoms with Crippen LogP contribution in [-0.2, 0) is 16.1 Å². The quantitative estimate of drug-likeness (QED) is 0.615. The molecule has 1 amide bonds. The maximum atomic E-state index is 11.8. The number of likely N-dealkylation sites (N-methyl/N-ethyl adjacent to an activating group) is 1. The van der Waals surface area contributed by atoms with Gasteiger partial charge in [0.05, 0.1) is 6.61 Å². The lowest BCUT2D eigenvalue weighted by molar-refractivity contribution is -0.135. The van der Waals surface area contributed by atoms with Crippen molar-refractivity contribution in [1.82, 2.24) is 4.90 Å². The maximum absolute atomic E-state index is 11.8. The summed E-state index contributed by atoms with van der Waals surface area (Å²) in [4.78, 5) is 13.5. The van der Waals surface area contributed by atoms with Gasteiger partial charge in [-0.3, -0.25) is 4.79 Å². The Kier molecular flexibility index (Phi) is 8.18. The molecule has 0 bridgehead atoms. The van der Waals surface area contributed by atoms with Crippen molar-refractivity contribution in [3.05, 3.63) is 35.4 Å². The zero-order chi connectivity index (χ0) is 15.5. The van der Waals surface area contributed by atoms with Gasteiger partial charge in [-0.05, 0) is 24.1 Å². The van der Waals surface area contributed by atoms with Gasteiger partial charge in [-0.2, -0.15) is 0 Å². The molecule has 114 valence electrons. The molecule has 0 heterocycles. The molecule has 0 unspecified atom stereocenters. The van der Waals surface area contributed by atoms with Crippen LogP contribution in [0.15, 0.2) is 24.3 Å². The monoisotopic (exact) mass is 289 g/mol. The van der Waals surface area contributed by atoms with Crippen LogP contribution < -0.4 is 0 Å². The van der Waals surface area contributed by atoms with E-state index in [0.717, 1.165) is 17.5 Å². The highest BCUT2D eigenvalue weighted by Crippen LogP contribution is 2.06. The predicted molar refractivity (Wildman–Crippen MR) is 82.6 cm³/mol. The largest absolute Gasteiger partial charge is 0.395 e. The fourth-order valence-corrected chi connectivity index (χ4v) is 1.69. The number of carbonyl (C=O) groups is 1. The van der Waals surface area contributed by atoms with Crippen molar-refractivity contribution in [3.8, 4) is 11.8 Å². The second kappa shape index (κ2) is 9.98. The standard InChI is InChI=1S/C17H23NO3/c1-3-12-21-14-17(20)18(2)13-16-9-7-15(8-10-16)6-4-5-11-19/h7-10,19H,3,5,11-14H2,1-2H3. The third kappa shape index (κ3) is 6.94. The van der Waals surface area contributed by atoms with E-state index in [1.54, 1.807) is 11.9 Å². The Hall–Kier alpha value is -1.83. The number of carbonyl (C=O) groups excluding carboxylic acids is 1. The molecule has 1 rings (SSSR count). The Morgan fingerprint density at radius 1 is 1.33 bits per heavy atom. The fourth-order valence-electron chi connectivity index (χ4n) is 1.69. The highest BCUT2D eigenvalue weighted by Gasteiger charge is 2.08. The summed E-state index contributed by atoms with van der Waals surface area (Å²) >= 11 is 0. The van der Waals surface area contributed by atoms with Crippen molar-refractivity contribution in [2.45, 2.75) is 26.3 Å². The number of benzene rings is 1. The van der Waals surface area contributed by atoms with E-state index in [9.17, 15) is 4.79 Å². The van der Waals surface area contributed by atoms with Crippen molar-refractivity contribution in [2.75, 3.05) is 26.9 Å². The lowest BCUT2D eigenvalue weighted by Gasteiger charge is -2.17. The Morgan fingerprint density at radius 2 is 2.05 bits per heavy atom. The highest BCUT2D eigenvalue weighted by molar-refractivity contribution is 5.77. The third-order valence-corrected chi connectivity index (χ3v) is 2.84. The topological polar surface area (TPSA) is 49.8 Å². The number of ether oxygens (including phenoxy) is 1. The van der Waals surface area contributed by atoms with Gasteiger partial charge in [0, 0.05) is 32.2 Å². The van der Waals surface area contributed by atoms with Crippen LogP contribution in [0.2, 0.25) is 0 Å². The van der Waals surface area contributed by atoms with Crippen LogP contribution in [0.1, 0.15) is 30.9 Å². The van der Waals surface area contributed by atoms with Crippen LogP contribution in [0.25, 0.3) is 0 Å². The van der Waals surface area contributed by atoms with Gasteiger partial charge in [-0.1, -0.05) is 30.9 Å². The lowest BCUT2D eigenvalue weighted by Crippen LogP contribution is -2.29. The fraction of sp³-hybridized carbons (Fsp3) is 0.471. The molecule has 0 saturated carbocycles. The molecule has 1 aromatic rings. The molecule has 0 spiro atoms. The number of aliphatic hydroxyl groups excluding tert-OH is 1. The summed E-state index contributed by atoms with van der Waals surface area (Å²) in [5.74, 6) is 5.83. The van der Waals surface area contributed by atoms with Crippen LogP contribution in [-0.4, -0.2) is 42.8 Å². The van der Waals surface area contributed by atoms with Gasteiger partial charge in [0.2, 0.25) is 5.91 Å². The number of hydrogen-bond donors (Lipinski definition) is 1. The predicted octanol–water partition coefficient (Wildman–Crippen LogP) is 1.81. The average molecular weight is 289 g/mol. The summed E-state index contributed by atoms with van der Waals surface area (Å²) in [7, 11) is 1.77. The van der Waals surface area contributed by atoms with Crippen LogP contribution in [0.4, 0.5) is 0 Å². The van der Waals surface area contributed by atoms with E-state index in [1.807, 2.05) is 31.2 Å². The van der Waals surface area contributed by atoms with Gasteiger partial charge >= 0.3 is 0 Å². The van der Waals surface area contributed by atoms with Crippen molar-refractivity contribution in [3.63, 3.8) is 0 Å². The number of aliphatic hydroxyl groups is 1. The SMILES string of the molecule is CCCOCC(=O)N(C)Cc1ccc(C#CCCO)cc1.